The number of hydrogen-bond donors (Lipinski definition) is 3. The maximum absolute atomic E-state index is 12.7. The molecule has 1 unspecified atom stereocenters. The third-order valence-electron chi connectivity index (χ3n) is 8.07. The fourth-order valence-corrected chi connectivity index (χ4v) is 5.83. The van der Waals surface area contributed by atoms with Crippen molar-refractivity contribution in [3.63, 3.8) is 0 Å². The van der Waals surface area contributed by atoms with Gasteiger partial charge in [0.25, 0.3) is 0 Å². The summed E-state index contributed by atoms with van der Waals surface area (Å²) in [5.74, 6) is 0.0418. The van der Waals surface area contributed by atoms with Crippen molar-refractivity contribution in [3.05, 3.63) is 78.8 Å². The highest BCUT2D eigenvalue weighted by molar-refractivity contribution is 5.98. The number of nitrogens with one attached hydrogen (secondary N) is 3. The Labute approximate surface area is 226 Å². The summed E-state index contributed by atoms with van der Waals surface area (Å²) in [5, 5.41) is 5.09. The van der Waals surface area contributed by atoms with Gasteiger partial charge >= 0.3 is 0 Å². The number of carbonyl (C=O) groups excluding carboxylic acids is 2. The SMILES string of the molecule is O=C1CCC(C(=O)N2CCN(Cc3ccc(-c4cnc5[nH]cc(-c6ccc7[nH]ccc7c6)c5c4)cc3)CC2)N1. The highest BCUT2D eigenvalue weighted by atomic mass is 16.2. The molecule has 0 aliphatic carbocycles. The van der Waals surface area contributed by atoms with E-state index in [4.69, 9.17) is 4.98 Å². The lowest BCUT2D eigenvalue weighted by molar-refractivity contribution is -0.136. The zero-order chi connectivity index (χ0) is 26.3. The number of piperazine rings is 1. The zero-order valence-corrected chi connectivity index (χ0v) is 21.6. The number of amides is 2. The minimum atomic E-state index is -0.337. The first-order valence-corrected chi connectivity index (χ1v) is 13.6. The van der Waals surface area contributed by atoms with Crippen molar-refractivity contribution in [1.82, 2.24) is 30.1 Å². The van der Waals surface area contributed by atoms with E-state index in [1.54, 1.807) is 0 Å². The summed E-state index contributed by atoms with van der Waals surface area (Å²) >= 11 is 0. The molecule has 2 aliphatic rings. The van der Waals surface area contributed by atoms with Gasteiger partial charge in [-0.25, -0.2) is 4.98 Å². The number of pyridine rings is 1. The number of rotatable bonds is 5. The van der Waals surface area contributed by atoms with Gasteiger partial charge < -0.3 is 20.2 Å². The van der Waals surface area contributed by atoms with E-state index >= 15 is 0 Å². The summed E-state index contributed by atoms with van der Waals surface area (Å²) in [4.78, 5) is 39.7. The summed E-state index contributed by atoms with van der Waals surface area (Å²) in [5.41, 5.74) is 7.79. The van der Waals surface area contributed by atoms with E-state index in [2.05, 4.69) is 74.8 Å². The first-order valence-electron chi connectivity index (χ1n) is 13.6. The summed E-state index contributed by atoms with van der Waals surface area (Å²) in [6.45, 7) is 3.92. The molecule has 0 spiro atoms. The second kappa shape index (κ2) is 9.71. The lowest BCUT2D eigenvalue weighted by Gasteiger charge is -2.35. The monoisotopic (exact) mass is 518 g/mol. The average Bonchev–Trinajstić information content (AvgIpc) is 3.72. The highest BCUT2D eigenvalue weighted by Gasteiger charge is 2.32. The van der Waals surface area contributed by atoms with Crippen molar-refractivity contribution >= 4 is 33.8 Å². The quantitative estimate of drug-likeness (QED) is 0.323. The van der Waals surface area contributed by atoms with E-state index in [-0.39, 0.29) is 17.9 Å². The third kappa shape index (κ3) is 4.57. The zero-order valence-electron chi connectivity index (χ0n) is 21.6. The minimum Gasteiger partial charge on any atom is -0.361 e. The maximum atomic E-state index is 12.7. The van der Waals surface area contributed by atoms with E-state index in [9.17, 15) is 9.59 Å². The van der Waals surface area contributed by atoms with Gasteiger partial charge in [0.05, 0.1) is 0 Å². The summed E-state index contributed by atoms with van der Waals surface area (Å²) in [7, 11) is 0. The molecule has 7 rings (SSSR count). The molecular weight excluding hydrogens is 488 g/mol. The smallest absolute Gasteiger partial charge is 0.245 e. The molecule has 3 aromatic heterocycles. The number of benzene rings is 2. The summed E-state index contributed by atoms with van der Waals surface area (Å²) in [6, 6.07) is 19.1. The molecule has 2 saturated heterocycles. The molecule has 5 heterocycles. The molecule has 0 saturated carbocycles. The Morgan fingerprint density at radius 2 is 1.74 bits per heavy atom. The van der Waals surface area contributed by atoms with Gasteiger partial charge in [0.15, 0.2) is 0 Å². The number of nitrogens with zero attached hydrogens (tertiary/aromatic N) is 3. The average molecular weight is 519 g/mol. The Morgan fingerprint density at radius 1 is 0.923 bits per heavy atom. The number of aromatic nitrogens is 3. The molecule has 2 fully saturated rings. The van der Waals surface area contributed by atoms with Crippen molar-refractivity contribution in [1.29, 1.82) is 0 Å². The van der Waals surface area contributed by atoms with Gasteiger partial charge in [0.2, 0.25) is 11.8 Å². The summed E-state index contributed by atoms with van der Waals surface area (Å²) < 4.78 is 0. The van der Waals surface area contributed by atoms with Crippen LogP contribution in [0.25, 0.3) is 44.2 Å². The number of carbonyl (C=O) groups is 2. The Hall–Kier alpha value is -4.43. The molecule has 196 valence electrons. The van der Waals surface area contributed by atoms with Crippen LogP contribution in [-0.4, -0.2) is 68.8 Å². The first kappa shape index (κ1) is 23.7. The molecular formula is C31H30N6O2. The molecule has 0 radical (unpaired) electrons. The highest BCUT2D eigenvalue weighted by Crippen LogP contribution is 2.32. The van der Waals surface area contributed by atoms with Crippen molar-refractivity contribution in [2.75, 3.05) is 26.2 Å². The molecule has 1 atom stereocenters. The van der Waals surface area contributed by atoms with Gasteiger partial charge in [-0.1, -0.05) is 30.3 Å². The van der Waals surface area contributed by atoms with Gasteiger partial charge in [-0.2, -0.15) is 0 Å². The predicted molar refractivity (Wildman–Crippen MR) is 152 cm³/mol. The lowest BCUT2D eigenvalue weighted by atomic mass is 10.0. The molecule has 8 heteroatoms. The van der Waals surface area contributed by atoms with E-state index in [1.807, 2.05) is 23.5 Å². The summed E-state index contributed by atoms with van der Waals surface area (Å²) in [6.07, 6.45) is 6.99. The van der Waals surface area contributed by atoms with Gasteiger partial charge in [0, 0.05) is 79.8 Å². The van der Waals surface area contributed by atoms with Crippen LogP contribution in [0.2, 0.25) is 0 Å². The fourth-order valence-electron chi connectivity index (χ4n) is 5.83. The number of H-pyrrole nitrogens is 2. The van der Waals surface area contributed by atoms with E-state index < -0.39 is 0 Å². The Bertz CT molecular complexity index is 1680. The van der Waals surface area contributed by atoms with Crippen LogP contribution in [0.15, 0.2) is 73.2 Å². The van der Waals surface area contributed by atoms with Crippen LogP contribution in [0.1, 0.15) is 18.4 Å². The number of hydrogen-bond acceptors (Lipinski definition) is 4. The Morgan fingerprint density at radius 3 is 2.54 bits per heavy atom. The molecule has 39 heavy (non-hydrogen) atoms. The fraction of sp³-hybridized carbons (Fsp3) is 0.258. The standard InChI is InChI=1S/C31H30N6O2/c38-29-8-7-28(35-29)31(39)37-13-11-36(12-14-37)19-20-1-3-21(4-2-20)24-16-25-26(18-34-30(25)33-17-24)22-5-6-27-23(15-22)9-10-32-27/h1-6,9-10,15-18,28,32H,7-8,11-14,19H2,(H,33,34)(H,35,38). The first-order chi connectivity index (χ1) is 19.1. The largest absolute Gasteiger partial charge is 0.361 e. The molecule has 3 N–H and O–H groups in total. The Balaban J connectivity index is 1.03. The molecule has 2 amide bonds. The van der Waals surface area contributed by atoms with Crippen molar-refractivity contribution in [2.24, 2.45) is 0 Å². The maximum Gasteiger partial charge on any atom is 0.245 e. The van der Waals surface area contributed by atoms with Crippen LogP contribution in [0, 0.1) is 0 Å². The van der Waals surface area contributed by atoms with E-state index in [0.29, 0.717) is 25.9 Å². The van der Waals surface area contributed by atoms with Crippen LogP contribution in [0.4, 0.5) is 0 Å². The normalized spacial score (nSPS) is 18.2. The molecule has 2 aromatic carbocycles. The van der Waals surface area contributed by atoms with Crippen LogP contribution < -0.4 is 5.32 Å². The van der Waals surface area contributed by atoms with Crippen LogP contribution in [-0.2, 0) is 16.1 Å². The topological polar surface area (TPSA) is 97.1 Å². The van der Waals surface area contributed by atoms with Gasteiger partial charge in [-0.3, -0.25) is 14.5 Å². The van der Waals surface area contributed by atoms with Gasteiger partial charge in [-0.05, 0) is 52.8 Å². The second-order valence-corrected chi connectivity index (χ2v) is 10.6. The molecule has 0 bridgehead atoms. The van der Waals surface area contributed by atoms with Crippen LogP contribution >= 0.6 is 0 Å². The van der Waals surface area contributed by atoms with Crippen molar-refractivity contribution in [2.45, 2.75) is 25.4 Å². The van der Waals surface area contributed by atoms with Crippen molar-refractivity contribution in [3.8, 4) is 22.3 Å². The number of aromatic amines is 2. The molecule has 2 aliphatic heterocycles. The van der Waals surface area contributed by atoms with E-state index in [1.165, 1.54) is 10.9 Å². The van der Waals surface area contributed by atoms with Gasteiger partial charge in [0.1, 0.15) is 11.7 Å². The molecule has 8 nitrogen and oxygen atoms in total. The predicted octanol–water partition coefficient (Wildman–Crippen LogP) is 4.30. The Kier molecular flexibility index (Phi) is 5.89. The van der Waals surface area contributed by atoms with Crippen molar-refractivity contribution < 1.29 is 9.59 Å². The third-order valence-corrected chi connectivity index (χ3v) is 8.07. The van der Waals surface area contributed by atoms with Gasteiger partial charge in [-0.15, -0.1) is 0 Å². The molecule has 5 aromatic rings. The van der Waals surface area contributed by atoms with Crippen LogP contribution in [0.3, 0.4) is 0 Å². The number of fused-ring (bicyclic) bond motifs is 2. The minimum absolute atomic E-state index is 0.0193. The second-order valence-electron chi connectivity index (χ2n) is 10.6. The van der Waals surface area contributed by atoms with Crippen LogP contribution in [0.5, 0.6) is 0 Å². The van der Waals surface area contributed by atoms with E-state index in [0.717, 1.165) is 58.4 Å². The lowest BCUT2D eigenvalue weighted by Crippen LogP contribution is -2.53.